The van der Waals surface area contributed by atoms with Crippen molar-refractivity contribution in [3.63, 3.8) is 0 Å². The predicted octanol–water partition coefficient (Wildman–Crippen LogP) is 2.58. The Morgan fingerprint density at radius 3 is 2.81 bits per heavy atom. The fraction of sp³-hybridized carbons (Fsp3) is 0.214. The number of hydrogen-bond donors (Lipinski definition) is 1. The van der Waals surface area contributed by atoms with E-state index in [1.165, 1.54) is 13.3 Å². The molecule has 0 aliphatic heterocycles. The average molecular weight is 306 g/mol. The lowest BCUT2D eigenvalue weighted by atomic mass is 10.2. The van der Waals surface area contributed by atoms with Crippen LogP contribution in [0.1, 0.15) is 27.0 Å². The minimum atomic E-state index is -0.484. The highest BCUT2D eigenvalue weighted by Gasteiger charge is 2.15. The number of carbonyl (C=O) groups is 2. The number of carbonyl (C=O) groups excluding carboxylic acids is 2. The lowest BCUT2D eigenvalue weighted by Gasteiger charge is -2.08. The van der Waals surface area contributed by atoms with Crippen LogP contribution < -0.4 is 10.1 Å². The average Bonchev–Trinajstić information content (AvgIpc) is 2.95. The zero-order valence-corrected chi connectivity index (χ0v) is 12.4. The highest BCUT2D eigenvalue weighted by Crippen LogP contribution is 2.22. The lowest BCUT2D eigenvalue weighted by molar-refractivity contribution is 0.0606. The van der Waals surface area contributed by atoms with Gasteiger partial charge in [-0.25, -0.2) is 9.78 Å². The number of ether oxygens (including phenoxy) is 2. The van der Waals surface area contributed by atoms with Crippen LogP contribution in [0.4, 0.5) is 5.13 Å². The van der Waals surface area contributed by atoms with E-state index in [0.717, 1.165) is 11.3 Å². The largest absolute Gasteiger partial charge is 0.493 e. The minimum absolute atomic E-state index is 0.325. The molecule has 0 saturated carbocycles. The molecule has 7 heteroatoms. The van der Waals surface area contributed by atoms with Crippen LogP contribution >= 0.6 is 11.3 Å². The number of methoxy groups -OCH3 is 1. The Morgan fingerprint density at radius 1 is 1.33 bits per heavy atom. The summed E-state index contributed by atoms with van der Waals surface area (Å²) in [5.74, 6) is -0.324. The molecule has 1 aromatic carbocycles. The number of nitrogens with zero attached hydrogens (tertiary/aromatic N) is 1. The summed E-state index contributed by atoms with van der Waals surface area (Å²) in [6.07, 6.45) is 1.36. The maximum atomic E-state index is 12.2. The zero-order chi connectivity index (χ0) is 15.2. The molecule has 0 spiro atoms. The maximum Gasteiger partial charge on any atom is 0.349 e. The van der Waals surface area contributed by atoms with E-state index in [0.29, 0.717) is 27.9 Å². The van der Waals surface area contributed by atoms with Crippen molar-refractivity contribution in [1.29, 1.82) is 0 Å². The number of aromatic nitrogens is 1. The van der Waals surface area contributed by atoms with Gasteiger partial charge in [0.15, 0.2) is 5.13 Å². The number of benzene rings is 1. The number of nitrogens with one attached hydrogen (secondary N) is 1. The van der Waals surface area contributed by atoms with Gasteiger partial charge in [-0.2, -0.15) is 0 Å². The number of hydrogen-bond acceptors (Lipinski definition) is 6. The van der Waals surface area contributed by atoms with Crippen molar-refractivity contribution in [2.45, 2.75) is 6.92 Å². The van der Waals surface area contributed by atoms with Crippen LogP contribution in [0.25, 0.3) is 0 Å². The smallest absolute Gasteiger partial charge is 0.349 e. The van der Waals surface area contributed by atoms with Crippen LogP contribution in [0, 0.1) is 0 Å². The number of rotatable bonds is 5. The monoisotopic (exact) mass is 306 g/mol. The van der Waals surface area contributed by atoms with Crippen molar-refractivity contribution >= 4 is 28.3 Å². The van der Waals surface area contributed by atoms with Gasteiger partial charge in [-0.1, -0.05) is 23.5 Å². The first-order chi connectivity index (χ1) is 10.2. The summed E-state index contributed by atoms with van der Waals surface area (Å²) in [6, 6.07) is 6.93. The van der Waals surface area contributed by atoms with Crippen molar-refractivity contribution in [3.8, 4) is 5.75 Å². The summed E-state index contributed by atoms with van der Waals surface area (Å²) >= 11 is 1.05. The summed E-state index contributed by atoms with van der Waals surface area (Å²) in [4.78, 5) is 27.9. The second kappa shape index (κ2) is 6.85. The molecule has 110 valence electrons. The zero-order valence-electron chi connectivity index (χ0n) is 11.6. The number of thiazole rings is 1. The molecule has 0 aliphatic rings. The molecule has 2 aromatic rings. The first kappa shape index (κ1) is 15.0. The van der Waals surface area contributed by atoms with Gasteiger partial charge < -0.3 is 9.47 Å². The van der Waals surface area contributed by atoms with E-state index >= 15 is 0 Å². The molecular weight excluding hydrogens is 292 g/mol. The highest BCUT2D eigenvalue weighted by atomic mass is 32.1. The number of amides is 1. The molecule has 0 saturated heterocycles. The summed E-state index contributed by atoms with van der Waals surface area (Å²) in [6.45, 7) is 2.31. The summed E-state index contributed by atoms with van der Waals surface area (Å²) in [5, 5.41) is 2.96. The van der Waals surface area contributed by atoms with Gasteiger partial charge in [-0.05, 0) is 19.1 Å². The summed E-state index contributed by atoms with van der Waals surface area (Å²) in [5.41, 5.74) is 0.411. The second-order valence-electron chi connectivity index (χ2n) is 3.90. The molecule has 1 amide bonds. The summed E-state index contributed by atoms with van der Waals surface area (Å²) in [7, 11) is 1.29. The molecule has 6 nitrogen and oxygen atoms in total. The Morgan fingerprint density at radius 2 is 2.10 bits per heavy atom. The quantitative estimate of drug-likeness (QED) is 0.859. The molecule has 0 radical (unpaired) electrons. The molecule has 2 rings (SSSR count). The number of para-hydroxylation sites is 1. The third-order valence-electron chi connectivity index (χ3n) is 2.54. The predicted molar refractivity (Wildman–Crippen MR) is 79.0 cm³/mol. The van der Waals surface area contributed by atoms with E-state index in [9.17, 15) is 9.59 Å². The molecular formula is C14H14N2O4S. The van der Waals surface area contributed by atoms with Crippen LogP contribution in [0.5, 0.6) is 5.75 Å². The van der Waals surface area contributed by atoms with Crippen molar-refractivity contribution in [2.75, 3.05) is 19.0 Å². The Hall–Kier alpha value is -2.41. The van der Waals surface area contributed by atoms with Gasteiger partial charge in [0.05, 0.1) is 25.5 Å². The van der Waals surface area contributed by atoms with Gasteiger partial charge in [0.1, 0.15) is 10.6 Å². The Labute approximate surface area is 125 Å². The van der Waals surface area contributed by atoms with Crippen molar-refractivity contribution in [1.82, 2.24) is 4.98 Å². The molecule has 1 heterocycles. The van der Waals surface area contributed by atoms with Crippen LogP contribution in [0.15, 0.2) is 30.5 Å². The lowest BCUT2D eigenvalue weighted by Crippen LogP contribution is -2.13. The van der Waals surface area contributed by atoms with Gasteiger partial charge in [0.25, 0.3) is 5.91 Å². The SMILES string of the molecule is CCOc1ccccc1C(=O)Nc1ncc(C(=O)OC)s1. The van der Waals surface area contributed by atoms with Crippen LogP contribution in [-0.4, -0.2) is 30.6 Å². The number of anilines is 1. The van der Waals surface area contributed by atoms with E-state index in [2.05, 4.69) is 15.0 Å². The van der Waals surface area contributed by atoms with E-state index in [1.54, 1.807) is 24.3 Å². The molecule has 1 aromatic heterocycles. The molecule has 0 atom stereocenters. The number of esters is 1. The fourth-order valence-electron chi connectivity index (χ4n) is 1.63. The van der Waals surface area contributed by atoms with Gasteiger partial charge in [0.2, 0.25) is 0 Å². The first-order valence-electron chi connectivity index (χ1n) is 6.23. The molecule has 0 bridgehead atoms. The highest BCUT2D eigenvalue weighted by molar-refractivity contribution is 7.17. The third kappa shape index (κ3) is 3.57. The van der Waals surface area contributed by atoms with E-state index < -0.39 is 5.97 Å². The van der Waals surface area contributed by atoms with Crippen molar-refractivity contribution in [3.05, 3.63) is 40.9 Å². The maximum absolute atomic E-state index is 12.2. The molecule has 1 N–H and O–H groups in total. The topological polar surface area (TPSA) is 77.5 Å². The Balaban J connectivity index is 2.14. The Kier molecular flexibility index (Phi) is 4.89. The second-order valence-corrected chi connectivity index (χ2v) is 4.94. The summed E-state index contributed by atoms with van der Waals surface area (Å²) < 4.78 is 9.99. The van der Waals surface area contributed by atoms with E-state index in [1.807, 2.05) is 6.92 Å². The molecule has 0 aliphatic carbocycles. The van der Waals surface area contributed by atoms with Crippen LogP contribution in [-0.2, 0) is 4.74 Å². The minimum Gasteiger partial charge on any atom is -0.493 e. The normalized spacial score (nSPS) is 10.0. The fourth-order valence-corrected chi connectivity index (χ4v) is 2.36. The van der Waals surface area contributed by atoms with Gasteiger partial charge in [-0.15, -0.1) is 0 Å². The first-order valence-corrected chi connectivity index (χ1v) is 7.04. The van der Waals surface area contributed by atoms with Gasteiger partial charge in [-0.3, -0.25) is 10.1 Å². The van der Waals surface area contributed by atoms with Crippen molar-refractivity contribution in [2.24, 2.45) is 0 Å². The van der Waals surface area contributed by atoms with E-state index in [-0.39, 0.29) is 5.91 Å². The molecule has 0 unspecified atom stereocenters. The third-order valence-corrected chi connectivity index (χ3v) is 3.44. The van der Waals surface area contributed by atoms with Crippen LogP contribution in [0.2, 0.25) is 0 Å². The van der Waals surface area contributed by atoms with Gasteiger partial charge in [0, 0.05) is 0 Å². The van der Waals surface area contributed by atoms with E-state index in [4.69, 9.17) is 4.74 Å². The Bertz CT molecular complexity index is 654. The standard InChI is InChI=1S/C14H14N2O4S/c1-3-20-10-7-5-4-6-9(10)12(17)16-14-15-8-11(21-14)13(18)19-2/h4-8H,3H2,1-2H3,(H,15,16,17). The van der Waals surface area contributed by atoms with Crippen molar-refractivity contribution < 1.29 is 19.1 Å². The van der Waals surface area contributed by atoms with Crippen LogP contribution in [0.3, 0.4) is 0 Å². The van der Waals surface area contributed by atoms with Gasteiger partial charge >= 0.3 is 5.97 Å². The molecule has 0 fully saturated rings. The molecule has 21 heavy (non-hydrogen) atoms.